The van der Waals surface area contributed by atoms with Crippen molar-refractivity contribution in [2.45, 2.75) is 12.5 Å². The van der Waals surface area contributed by atoms with Crippen molar-refractivity contribution < 1.29 is 24.3 Å². The van der Waals surface area contributed by atoms with Gasteiger partial charge in [0.15, 0.2) is 5.75 Å². The normalized spacial score (nSPS) is 18.3. The summed E-state index contributed by atoms with van der Waals surface area (Å²) < 4.78 is 10.7. The van der Waals surface area contributed by atoms with Crippen LogP contribution in [0.25, 0.3) is 6.08 Å². The molecule has 20 heavy (non-hydrogen) atoms. The second-order valence-electron chi connectivity index (χ2n) is 4.26. The largest absolute Gasteiger partial charge is 0.481 e. The molecule has 1 heterocycles. The van der Waals surface area contributed by atoms with Crippen molar-refractivity contribution >= 4 is 17.7 Å². The van der Waals surface area contributed by atoms with E-state index in [-0.39, 0.29) is 17.5 Å². The Morgan fingerprint density at radius 1 is 1.55 bits per heavy atom. The van der Waals surface area contributed by atoms with Gasteiger partial charge in [-0.15, -0.1) is 0 Å². The lowest BCUT2D eigenvalue weighted by Crippen LogP contribution is -2.16. The van der Waals surface area contributed by atoms with Crippen molar-refractivity contribution in [1.82, 2.24) is 0 Å². The van der Waals surface area contributed by atoms with Gasteiger partial charge in [-0.05, 0) is 23.8 Å². The first-order valence-electron chi connectivity index (χ1n) is 6.00. The smallest absolute Gasteiger partial charge is 0.328 e. The molecule has 1 atom stereocenters. The number of nitro groups is 1. The summed E-state index contributed by atoms with van der Waals surface area (Å²) >= 11 is 0. The van der Waals surface area contributed by atoms with Crippen molar-refractivity contribution in [2.24, 2.45) is 0 Å². The second-order valence-corrected chi connectivity index (χ2v) is 4.26. The standard InChI is InChI=1S/C13H13NO6/c15-13(16)4-2-9-1-3-11(14(17)18)12(7-9)20-10-5-6-19-8-10/h1-4,7,10H,5-6,8H2,(H,15,16). The molecule has 2 rings (SSSR count). The van der Waals surface area contributed by atoms with Crippen LogP contribution in [-0.2, 0) is 9.53 Å². The molecule has 1 saturated heterocycles. The molecule has 1 N–H and O–H groups in total. The van der Waals surface area contributed by atoms with E-state index in [2.05, 4.69) is 0 Å². The van der Waals surface area contributed by atoms with Gasteiger partial charge >= 0.3 is 11.7 Å². The summed E-state index contributed by atoms with van der Waals surface area (Å²) in [4.78, 5) is 20.9. The maximum atomic E-state index is 11.0. The van der Waals surface area contributed by atoms with Crippen LogP contribution in [-0.4, -0.2) is 35.3 Å². The number of carboxylic acid groups (broad SMARTS) is 1. The minimum absolute atomic E-state index is 0.123. The fourth-order valence-electron chi connectivity index (χ4n) is 1.83. The molecule has 0 saturated carbocycles. The molecule has 7 nitrogen and oxygen atoms in total. The van der Waals surface area contributed by atoms with E-state index in [9.17, 15) is 14.9 Å². The predicted octanol–water partition coefficient (Wildman–Crippen LogP) is 1.86. The predicted molar refractivity (Wildman–Crippen MR) is 69.6 cm³/mol. The number of carbonyl (C=O) groups is 1. The van der Waals surface area contributed by atoms with Crippen LogP contribution in [0.1, 0.15) is 12.0 Å². The van der Waals surface area contributed by atoms with Gasteiger partial charge in [0.05, 0.1) is 18.1 Å². The number of nitrogens with zero attached hydrogens (tertiary/aromatic N) is 1. The third-order valence-corrected chi connectivity index (χ3v) is 2.78. The summed E-state index contributed by atoms with van der Waals surface area (Å²) in [5.74, 6) is -0.965. The number of ether oxygens (including phenoxy) is 2. The zero-order chi connectivity index (χ0) is 14.5. The van der Waals surface area contributed by atoms with E-state index in [4.69, 9.17) is 14.6 Å². The van der Waals surface area contributed by atoms with Crippen molar-refractivity contribution in [3.63, 3.8) is 0 Å². The highest BCUT2D eigenvalue weighted by molar-refractivity contribution is 5.85. The Hall–Kier alpha value is -2.41. The highest BCUT2D eigenvalue weighted by Crippen LogP contribution is 2.30. The summed E-state index contributed by atoms with van der Waals surface area (Å²) in [5, 5.41) is 19.5. The monoisotopic (exact) mass is 279 g/mol. The fourth-order valence-corrected chi connectivity index (χ4v) is 1.83. The second kappa shape index (κ2) is 6.16. The number of aliphatic carboxylic acids is 1. The van der Waals surface area contributed by atoms with Gasteiger partial charge in [-0.1, -0.05) is 0 Å². The Bertz CT molecular complexity index is 548. The number of hydrogen-bond donors (Lipinski definition) is 1. The maximum absolute atomic E-state index is 11.0. The van der Waals surface area contributed by atoms with Crippen LogP contribution in [0.5, 0.6) is 5.75 Å². The van der Waals surface area contributed by atoms with Gasteiger partial charge in [0.2, 0.25) is 0 Å². The molecular formula is C13H13NO6. The highest BCUT2D eigenvalue weighted by atomic mass is 16.6. The van der Waals surface area contributed by atoms with Crippen LogP contribution in [0.4, 0.5) is 5.69 Å². The van der Waals surface area contributed by atoms with E-state index in [0.29, 0.717) is 25.2 Å². The molecule has 1 unspecified atom stereocenters. The minimum atomic E-state index is -1.09. The Morgan fingerprint density at radius 2 is 2.35 bits per heavy atom. The average Bonchev–Trinajstić information content (AvgIpc) is 2.89. The molecule has 106 valence electrons. The number of hydrogen-bond acceptors (Lipinski definition) is 5. The molecule has 0 spiro atoms. The van der Waals surface area contributed by atoms with Gasteiger partial charge in [0.1, 0.15) is 6.10 Å². The quantitative estimate of drug-likeness (QED) is 0.501. The van der Waals surface area contributed by atoms with Crippen molar-refractivity contribution in [2.75, 3.05) is 13.2 Å². The molecule has 1 aliphatic heterocycles. The zero-order valence-corrected chi connectivity index (χ0v) is 10.5. The third kappa shape index (κ3) is 3.55. The fraction of sp³-hybridized carbons (Fsp3) is 0.308. The summed E-state index contributed by atoms with van der Waals surface area (Å²) in [7, 11) is 0. The number of nitro benzene ring substituents is 1. The van der Waals surface area contributed by atoms with Crippen molar-refractivity contribution in [3.8, 4) is 5.75 Å². The molecule has 1 aliphatic rings. The summed E-state index contributed by atoms with van der Waals surface area (Å²) in [6.45, 7) is 0.962. The Labute approximate surface area is 114 Å². The van der Waals surface area contributed by atoms with Crippen LogP contribution >= 0.6 is 0 Å². The molecule has 1 aromatic carbocycles. The molecular weight excluding hydrogens is 266 g/mol. The van der Waals surface area contributed by atoms with Crippen LogP contribution in [0.2, 0.25) is 0 Å². The van der Waals surface area contributed by atoms with E-state index in [0.717, 1.165) is 6.08 Å². The first kappa shape index (κ1) is 14.0. The van der Waals surface area contributed by atoms with Gasteiger partial charge in [0, 0.05) is 18.6 Å². The van der Waals surface area contributed by atoms with E-state index >= 15 is 0 Å². The molecule has 0 bridgehead atoms. The first-order chi connectivity index (χ1) is 9.56. The van der Waals surface area contributed by atoms with Crippen LogP contribution in [0.15, 0.2) is 24.3 Å². The van der Waals surface area contributed by atoms with Gasteiger partial charge < -0.3 is 14.6 Å². The van der Waals surface area contributed by atoms with Gasteiger partial charge in [-0.3, -0.25) is 10.1 Å². The molecule has 1 fully saturated rings. The molecule has 0 amide bonds. The molecule has 0 aliphatic carbocycles. The lowest BCUT2D eigenvalue weighted by atomic mass is 10.1. The van der Waals surface area contributed by atoms with Crippen molar-refractivity contribution in [3.05, 3.63) is 40.0 Å². The minimum Gasteiger partial charge on any atom is -0.481 e. The first-order valence-corrected chi connectivity index (χ1v) is 6.00. The van der Waals surface area contributed by atoms with E-state index < -0.39 is 10.9 Å². The van der Waals surface area contributed by atoms with E-state index in [1.54, 1.807) is 0 Å². The van der Waals surface area contributed by atoms with Crippen molar-refractivity contribution in [1.29, 1.82) is 0 Å². The lowest BCUT2D eigenvalue weighted by Gasteiger charge is -2.12. The SMILES string of the molecule is O=C(O)C=Cc1ccc([N+](=O)[O-])c(OC2CCOC2)c1. The molecule has 0 radical (unpaired) electrons. The van der Waals surface area contributed by atoms with E-state index in [1.165, 1.54) is 24.3 Å². The third-order valence-electron chi connectivity index (χ3n) is 2.78. The van der Waals surface area contributed by atoms with Gasteiger partial charge in [-0.2, -0.15) is 0 Å². The molecule has 7 heteroatoms. The summed E-state index contributed by atoms with van der Waals surface area (Å²) in [5.41, 5.74) is 0.372. The molecule has 1 aromatic rings. The Kier molecular flexibility index (Phi) is 4.31. The Morgan fingerprint density at radius 3 is 2.95 bits per heavy atom. The number of rotatable bonds is 5. The summed E-state index contributed by atoms with van der Waals surface area (Å²) in [6.07, 6.45) is 2.77. The lowest BCUT2D eigenvalue weighted by molar-refractivity contribution is -0.386. The molecule has 0 aromatic heterocycles. The zero-order valence-electron chi connectivity index (χ0n) is 10.5. The van der Waals surface area contributed by atoms with Crippen LogP contribution in [0, 0.1) is 10.1 Å². The average molecular weight is 279 g/mol. The Balaban J connectivity index is 2.26. The topological polar surface area (TPSA) is 98.9 Å². The van der Waals surface area contributed by atoms with Crippen LogP contribution in [0.3, 0.4) is 0 Å². The summed E-state index contributed by atoms with van der Waals surface area (Å²) in [6, 6.07) is 4.22. The number of benzene rings is 1. The highest BCUT2D eigenvalue weighted by Gasteiger charge is 2.22. The van der Waals surface area contributed by atoms with E-state index in [1.807, 2.05) is 0 Å². The maximum Gasteiger partial charge on any atom is 0.328 e. The van der Waals surface area contributed by atoms with Gasteiger partial charge in [0.25, 0.3) is 0 Å². The number of carboxylic acids is 1. The van der Waals surface area contributed by atoms with Crippen LogP contribution < -0.4 is 4.74 Å². The van der Waals surface area contributed by atoms with Gasteiger partial charge in [-0.25, -0.2) is 4.79 Å².